The van der Waals surface area contributed by atoms with E-state index in [1.165, 1.54) is 0 Å². The van der Waals surface area contributed by atoms with E-state index in [-0.39, 0.29) is 12.0 Å². The molecule has 0 aliphatic carbocycles. The second-order valence-corrected chi connectivity index (χ2v) is 10.8. The highest BCUT2D eigenvalue weighted by atomic mass is 35.5. The van der Waals surface area contributed by atoms with E-state index in [9.17, 15) is 13.0 Å². The molecule has 0 fully saturated rings. The number of benzene rings is 2. The molecule has 0 saturated heterocycles. The van der Waals surface area contributed by atoms with Crippen LogP contribution in [0, 0.1) is 0 Å². The molecule has 188 valence electrons. The Hall–Kier alpha value is -2.26. The molecule has 7 nitrogen and oxygen atoms in total. The summed E-state index contributed by atoms with van der Waals surface area (Å²) in [6, 6.07) is 11.7. The largest absolute Gasteiger partial charge is 0.748 e. The molecule has 0 saturated carbocycles. The monoisotopic (exact) mass is 537 g/mol. The van der Waals surface area contributed by atoms with Gasteiger partial charge in [0.2, 0.25) is 0 Å². The van der Waals surface area contributed by atoms with E-state index < -0.39 is 10.1 Å². The Kier molecular flexibility index (Phi) is 7.96. The average Bonchev–Trinajstić information content (AvgIpc) is 3.30. The number of halogens is 2. The van der Waals surface area contributed by atoms with Crippen molar-refractivity contribution >= 4 is 56.1 Å². The topological polar surface area (TPSA) is 78.5 Å². The maximum absolute atomic E-state index is 11.0. The molecule has 0 spiro atoms. The predicted octanol–water partition coefficient (Wildman–Crippen LogP) is 5.23. The first kappa shape index (κ1) is 25.8. The molecular weight excluding hydrogens is 509 g/mol. The molecule has 1 unspecified atom stereocenters. The van der Waals surface area contributed by atoms with Crippen LogP contribution in [-0.4, -0.2) is 36.1 Å². The van der Waals surface area contributed by atoms with Gasteiger partial charge in [0.25, 0.3) is 5.82 Å². The summed E-state index contributed by atoms with van der Waals surface area (Å²) in [5, 5.41) is 0.928. The van der Waals surface area contributed by atoms with E-state index in [4.69, 9.17) is 27.9 Å². The van der Waals surface area contributed by atoms with Gasteiger partial charge in [0.15, 0.2) is 17.3 Å². The summed E-state index contributed by atoms with van der Waals surface area (Å²) in [5.74, 6) is 1.47. The Morgan fingerprint density at radius 2 is 1.86 bits per heavy atom. The summed E-state index contributed by atoms with van der Waals surface area (Å²) >= 11 is 12.7. The van der Waals surface area contributed by atoms with Gasteiger partial charge < -0.3 is 14.2 Å². The van der Waals surface area contributed by atoms with Crippen molar-refractivity contribution in [3.8, 4) is 5.75 Å². The summed E-state index contributed by atoms with van der Waals surface area (Å²) < 4.78 is 43.5. The number of nitrogens with zero attached hydrogens (tertiary/aromatic N) is 3. The van der Waals surface area contributed by atoms with Gasteiger partial charge in [0, 0.05) is 36.9 Å². The minimum atomic E-state index is -4.23. The molecule has 0 amide bonds. The van der Waals surface area contributed by atoms with Crippen molar-refractivity contribution in [3.63, 3.8) is 0 Å². The van der Waals surface area contributed by atoms with Gasteiger partial charge in [-0.1, -0.05) is 41.4 Å². The highest BCUT2D eigenvalue weighted by Gasteiger charge is 2.29. The van der Waals surface area contributed by atoms with Crippen LogP contribution in [0.15, 0.2) is 42.5 Å². The summed E-state index contributed by atoms with van der Waals surface area (Å²) in [6.45, 7) is 6.26. The number of para-hydroxylation sites is 2. The first-order chi connectivity index (χ1) is 16.7. The summed E-state index contributed by atoms with van der Waals surface area (Å²) in [7, 11) is -4.23. The highest BCUT2D eigenvalue weighted by Crippen LogP contribution is 2.37. The molecule has 3 aromatic rings. The van der Waals surface area contributed by atoms with Gasteiger partial charge in [-0.3, -0.25) is 0 Å². The number of imidazole rings is 1. The highest BCUT2D eigenvalue weighted by molar-refractivity contribution is 7.85. The lowest BCUT2D eigenvalue weighted by molar-refractivity contribution is -0.674. The van der Waals surface area contributed by atoms with Crippen LogP contribution in [0.4, 0.5) is 5.69 Å². The van der Waals surface area contributed by atoms with E-state index >= 15 is 0 Å². The van der Waals surface area contributed by atoms with E-state index in [2.05, 4.69) is 46.1 Å². The van der Waals surface area contributed by atoms with Gasteiger partial charge in [0.05, 0.1) is 38.9 Å². The van der Waals surface area contributed by atoms with Crippen LogP contribution < -0.4 is 14.2 Å². The van der Waals surface area contributed by atoms with Crippen LogP contribution in [0.5, 0.6) is 5.75 Å². The molecular formula is C25H29Cl2N3O4S. The minimum absolute atomic E-state index is 0.0901. The van der Waals surface area contributed by atoms with Gasteiger partial charge in [-0.25, -0.2) is 17.6 Å². The van der Waals surface area contributed by atoms with Crippen molar-refractivity contribution in [1.29, 1.82) is 0 Å². The third-order valence-corrected chi connectivity index (χ3v) is 7.74. The minimum Gasteiger partial charge on any atom is -0.748 e. The lowest BCUT2D eigenvalue weighted by atomic mass is 10.2. The van der Waals surface area contributed by atoms with Crippen molar-refractivity contribution in [1.82, 2.24) is 4.57 Å². The summed E-state index contributed by atoms with van der Waals surface area (Å²) in [6.07, 6.45) is 5.59. The van der Waals surface area contributed by atoms with Gasteiger partial charge in [-0.05, 0) is 38.8 Å². The smallest absolute Gasteiger partial charge is 0.282 e. The zero-order chi connectivity index (χ0) is 25.2. The van der Waals surface area contributed by atoms with Crippen LogP contribution in [0.25, 0.3) is 17.1 Å². The van der Waals surface area contributed by atoms with Crippen LogP contribution in [0.1, 0.15) is 38.9 Å². The second kappa shape index (κ2) is 10.8. The van der Waals surface area contributed by atoms with E-state index in [1.54, 1.807) is 0 Å². The van der Waals surface area contributed by atoms with Gasteiger partial charge in [-0.2, -0.15) is 0 Å². The second-order valence-electron chi connectivity index (χ2n) is 8.44. The normalized spacial score (nSPS) is 15.8. The number of fused-ring (bicyclic) bond motifs is 2. The Labute approximate surface area is 216 Å². The van der Waals surface area contributed by atoms with Crippen molar-refractivity contribution in [3.05, 3.63) is 58.3 Å². The molecule has 0 N–H and O–H groups in total. The van der Waals surface area contributed by atoms with Crippen LogP contribution >= 0.6 is 23.2 Å². The van der Waals surface area contributed by atoms with E-state index in [0.29, 0.717) is 42.4 Å². The quantitative estimate of drug-likeness (QED) is 0.201. The molecule has 0 bridgehead atoms. The molecule has 10 heteroatoms. The fourth-order valence-corrected chi connectivity index (χ4v) is 5.52. The number of aromatic nitrogens is 2. The lowest BCUT2D eigenvalue weighted by Gasteiger charge is -2.22. The van der Waals surface area contributed by atoms with Crippen LogP contribution in [0.3, 0.4) is 0 Å². The van der Waals surface area contributed by atoms with Crippen molar-refractivity contribution < 1.29 is 22.3 Å². The molecule has 1 aliphatic rings. The van der Waals surface area contributed by atoms with Crippen molar-refractivity contribution in [2.24, 2.45) is 0 Å². The number of unbranched alkanes of at least 4 members (excludes halogenated alkanes) is 1. The van der Waals surface area contributed by atoms with Gasteiger partial charge in [0.1, 0.15) is 5.75 Å². The molecule has 1 aliphatic heterocycles. The SMILES string of the molecule is CCN1c2ccccc2OC1C/C=C/c1n(CC)c2cc(Cl)c(Cl)cc2[n+]1CCCCS(=O)(=O)[O-]. The third kappa shape index (κ3) is 5.61. The zero-order valence-corrected chi connectivity index (χ0v) is 22.1. The number of hydrogen-bond acceptors (Lipinski definition) is 5. The van der Waals surface area contributed by atoms with E-state index in [1.807, 2.05) is 30.3 Å². The van der Waals surface area contributed by atoms with Gasteiger partial charge in [-0.15, -0.1) is 0 Å². The molecule has 35 heavy (non-hydrogen) atoms. The number of rotatable bonds is 10. The fraction of sp³-hybridized carbons (Fsp3) is 0.400. The average molecular weight is 538 g/mol. The molecule has 0 radical (unpaired) electrons. The van der Waals surface area contributed by atoms with Gasteiger partial charge >= 0.3 is 0 Å². The van der Waals surface area contributed by atoms with E-state index in [0.717, 1.165) is 34.8 Å². The number of aryl methyl sites for hydroxylation is 2. The van der Waals surface area contributed by atoms with Crippen LogP contribution in [0.2, 0.25) is 10.0 Å². The standard InChI is InChI=1S/C25H29Cl2N3O4S/c1-3-28-21-16-18(26)19(27)17-22(21)30(14-7-8-15-35(31,32)33)24(28)12-9-13-25-29(4-2)20-10-5-6-11-23(20)34-25/h5-6,9-12,16-17,25H,3-4,7-8,13-15H2,1-2H3/b12-9+. The molecule has 4 rings (SSSR count). The first-order valence-corrected chi connectivity index (χ1v) is 14.1. The molecule has 1 aromatic heterocycles. The Morgan fingerprint density at radius 3 is 2.57 bits per heavy atom. The first-order valence-electron chi connectivity index (χ1n) is 11.8. The summed E-state index contributed by atoms with van der Waals surface area (Å²) in [5.41, 5.74) is 2.95. The predicted molar refractivity (Wildman–Crippen MR) is 139 cm³/mol. The lowest BCUT2D eigenvalue weighted by Crippen LogP contribution is -2.37. The van der Waals surface area contributed by atoms with Crippen molar-refractivity contribution in [2.45, 2.75) is 52.4 Å². The fourth-order valence-electron chi connectivity index (χ4n) is 4.65. The van der Waals surface area contributed by atoms with Crippen molar-refractivity contribution in [2.75, 3.05) is 17.2 Å². The number of hydrogen-bond donors (Lipinski definition) is 0. The Balaban J connectivity index is 1.63. The summed E-state index contributed by atoms with van der Waals surface area (Å²) in [4.78, 5) is 2.24. The Bertz CT molecular complexity index is 1350. The Morgan fingerprint density at radius 1 is 1.11 bits per heavy atom. The zero-order valence-electron chi connectivity index (χ0n) is 19.8. The third-order valence-electron chi connectivity index (χ3n) is 6.23. The maximum atomic E-state index is 11.0. The molecule has 2 aromatic carbocycles. The molecule has 1 atom stereocenters. The maximum Gasteiger partial charge on any atom is 0.282 e. The molecule has 2 heterocycles. The number of anilines is 1. The number of ether oxygens (including phenoxy) is 1. The van der Waals surface area contributed by atoms with Crippen LogP contribution in [-0.2, 0) is 23.2 Å².